The summed E-state index contributed by atoms with van der Waals surface area (Å²) in [6.45, 7) is 6.73. The van der Waals surface area contributed by atoms with Crippen molar-refractivity contribution >= 4 is 17.6 Å². The molecular weight excluding hydrogens is 458 g/mol. The summed E-state index contributed by atoms with van der Waals surface area (Å²) in [6, 6.07) is 5.04. The van der Waals surface area contributed by atoms with Crippen molar-refractivity contribution in [3.05, 3.63) is 57.7 Å². The van der Waals surface area contributed by atoms with E-state index in [4.69, 9.17) is 21.1 Å². The molecule has 0 aliphatic heterocycles. The molecule has 0 bridgehead atoms. The molecule has 3 rings (SSSR count). The minimum Gasteiger partial charge on any atom is -0.495 e. The molecule has 0 radical (unpaired) electrons. The maximum absolute atomic E-state index is 13.0. The second kappa shape index (κ2) is 9.30. The Morgan fingerprint density at radius 3 is 2.42 bits per heavy atom. The minimum absolute atomic E-state index is 0.253. The van der Waals surface area contributed by atoms with Gasteiger partial charge in [0.15, 0.2) is 0 Å². The molecule has 3 aromatic rings. The molecule has 0 saturated carbocycles. The van der Waals surface area contributed by atoms with Gasteiger partial charge in [-0.2, -0.15) is 0 Å². The number of hydrogen-bond donors (Lipinski definition) is 0. The van der Waals surface area contributed by atoms with Crippen LogP contribution >= 0.6 is 11.6 Å². The van der Waals surface area contributed by atoms with Crippen LogP contribution < -0.4 is 10.3 Å². The van der Waals surface area contributed by atoms with Crippen LogP contribution in [0, 0.1) is 0 Å². The number of methoxy groups -OCH3 is 1. The van der Waals surface area contributed by atoms with E-state index in [1.54, 1.807) is 45.9 Å². The van der Waals surface area contributed by atoms with E-state index in [1.165, 1.54) is 28.6 Å². The summed E-state index contributed by atoms with van der Waals surface area (Å²) in [5, 5.41) is 7.58. The van der Waals surface area contributed by atoms with Gasteiger partial charge in [-0.15, -0.1) is 5.10 Å². The first-order valence-electron chi connectivity index (χ1n) is 9.95. The lowest BCUT2D eigenvalue weighted by molar-refractivity contribution is -0.158. The van der Waals surface area contributed by atoms with Crippen molar-refractivity contribution in [3.8, 4) is 22.6 Å². The summed E-state index contributed by atoms with van der Waals surface area (Å²) >= 11 is 6.18. The van der Waals surface area contributed by atoms with Crippen LogP contribution in [0.15, 0.2) is 41.5 Å². The predicted octanol–water partition coefficient (Wildman–Crippen LogP) is 4.60. The molecule has 0 aliphatic rings. The van der Waals surface area contributed by atoms with E-state index in [0.717, 1.165) is 6.20 Å². The van der Waals surface area contributed by atoms with E-state index in [0.29, 0.717) is 21.8 Å². The van der Waals surface area contributed by atoms with Crippen molar-refractivity contribution in [2.24, 2.45) is 0 Å². The largest absolute Gasteiger partial charge is 0.495 e. The first-order chi connectivity index (χ1) is 15.4. The molecule has 1 unspecified atom stereocenters. The quantitative estimate of drug-likeness (QED) is 0.479. The van der Waals surface area contributed by atoms with Gasteiger partial charge in [-0.3, -0.25) is 9.36 Å². The summed E-state index contributed by atoms with van der Waals surface area (Å²) < 4.78 is 39.2. The van der Waals surface area contributed by atoms with Gasteiger partial charge < -0.3 is 9.47 Å². The number of esters is 1. The van der Waals surface area contributed by atoms with Crippen molar-refractivity contribution in [2.75, 3.05) is 7.11 Å². The lowest BCUT2D eigenvalue weighted by Gasteiger charge is -2.24. The Bertz CT molecular complexity index is 1230. The summed E-state index contributed by atoms with van der Waals surface area (Å²) in [5.74, 6) is -0.326. The summed E-state index contributed by atoms with van der Waals surface area (Å²) in [5.41, 5.74) is -0.620. The van der Waals surface area contributed by atoms with Crippen LogP contribution in [0.3, 0.4) is 0 Å². The number of ether oxygens (including phenoxy) is 2. The molecule has 8 nitrogen and oxygen atoms in total. The van der Waals surface area contributed by atoms with E-state index < -0.39 is 35.3 Å². The van der Waals surface area contributed by atoms with Gasteiger partial charge in [0.1, 0.15) is 23.1 Å². The van der Waals surface area contributed by atoms with Gasteiger partial charge in [0.05, 0.1) is 25.2 Å². The summed E-state index contributed by atoms with van der Waals surface area (Å²) in [7, 11) is 1.40. The Kier molecular flexibility index (Phi) is 6.87. The Labute approximate surface area is 193 Å². The van der Waals surface area contributed by atoms with Gasteiger partial charge in [0, 0.05) is 22.2 Å². The monoisotopic (exact) mass is 480 g/mol. The number of aromatic nitrogens is 4. The zero-order valence-electron chi connectivity index (χ0n) is 18.7. The summed E-state index contributed by atoms with van der Waals surface area (Å²) in [4.78, 5) is 25.4. The molecule has 1 atom stereocenters. The van der Waals surface area contributed by atoms with Crippen LogP contribution in [0.4, 0.5) is 8.78 Å². The number of carbonyl (C=O) groups is 1. The lowest BCUT2D eigenvalue weighted by Crippen LogP contribution is -2.33. The number of halogens is 3. The normalized spacial score (nSPS) is 12.6. The van der Waals surface area contributed by atoms with Gasteiger partial charge in [-0.05, 0) is 45.9 Å². The molecular formula is C22H23ClF2N4O4. The number of hydrogen-bond acceptors (Lipinski definition) is 6. The second-order valence-corrected chi connectivity index (χ2v) is 8.70. The highest BCUT2D eigenvalue weighted by Crippen LogP contribution is 2.35. The van der Waals surface area contributed by atoms with Gasteiger partial charge in [-0.25, -0.2) is 18.3 Å². The highest BCUT2D eigenvalue weighted by molar-refractivity contribution is 6.31. The van der Waals surface area contributed by atoms with Gasteiger partial charge in [0.25, 0.3) is 12.0 Å². The lowest BCUT2D eigenvalue weighted by atomic mass is 10.0. The highest BCUT2D eigenvalue weighted by atomic mass is 35.5. The van der Waals surface area contributed by atoms with Crippen molar-refractivity contribution in [1.29, 1.82) is 0 Å². The van der Waals surface area contributed by atoms with E-state index in [9.17, 15) is 18.4 Å². The van der Waals surface area contributed by atoms with Crippen LogP contribution in [-0.2, 0) is 9.53 Å². The van der Waals surface area contributed by atoms with Crippen LogP contribution in [0.1, 0.15) is 45.9 Å². The topological polar surface area (TPSA) is 88.2 Å². The maximum Gasteiger partial charge on any atom is 0.329 e. The molecule has 11 heteroatoms. The first kappa shape index (κ1) is 24.4. The third-order valence-electron chi connectivity index (χ3n) is 4.66. The Balaban J connectivity index is 2.12. The number of alkyl halides is 2. The zero-order chi connectivity index (χ0) is 24.5. The summed E-state index contributed by atoms with van der Waals surface area (Å²) in [6.07, 6.45) is -0.305. The number of pyridine rings is 1. The molecule has 0 fully saturated rings. The number of rotatable bonds is 6. The smallest absolute Gasteiger partial charge is 0.329 e. The van der Waals surface area contributed by atoms with Gasteiger partial charge in [-0.1, -0.05) is 16.8 Å². The molecule has 33 heavy (non-hydrogen) atoms. The zero-order valence-corrected chi connectivity index (χ0v) is 19.4. The van der Waals surface area contributed by atoms with Crippen molar-refractivity contribution < 1.29 is 23.0 Å². The molecule has 2 heterocycles. The molecule has 0 saturated heterocycles. The van der Waals surface area contributed by atoms with E-state index in [2.05, 4.69) is 10.3 Å². The third kappa shape index (κ3) is 5.39. The van der Waals surface area contributed by atoms with E-state index >= 15 is 0 Å². The van der Waals surface area contributed by atoms with Crippen molar-refractivity contribution in [2.45, 2.75) is 45.8 Å². The maximum atomic E-state index is 13.0. The minimum atomic E-state index is -2.79. The highest BCUT2D eigenvalue weighted by Gasteiger charge is 2.25. The molecule has 0 amide bonds. The third-order valence-corrected chi connectivity index (χ3v) is 4.89. The van der Waals surface area contributed by atoms with Crippen LogP contribution in [0.25, 0.3) is 16.8 Å². The SMILES string of the molecule is COc1cn(C(C)C(=O)OC(C)(C)C)c(=O)cc1-c1cc(Cl)ccc1-n1cc(C(F)F)nn1. The van der Waals surface area contributed by atoms with Crippen LogP contribution in [0.2, 0.25) is 5.02 Å². The molecule has 2 aromatic heterocycles. The van der Waals surface area contributed by atoms with Crippen LogP contribution in [0.5, 0.6) is 5.75 Å². The molecule has 0 N–H and O–H groups in total. The average molecular weight is 481 g/mol. The predicted molar refractivity (Wildman–Crippen MR) is 118 cm³/mol. The Morgan fingerprint density at radius 2 is 1.85 bits per heavy atom. The standard InChI is InChI=1S/C22H23ClF2N4O4/c1-12(21(31)33-22(2,3)4)28-11-18(32-5)15(9-19(28)30)14-8-13(23)6-7-17(14)29-10-16(20(24)25)26-27-29/h6-12,20H,1-5H3. The van der Waals surface area contributed by atoms with E-state index in [1.807, 2.05) is 0 Å². The van der Waals surface area contributed by atoms with Gasteiger partial charge >= 0.3 is 5.97 Å². The fourth-order valence-corrected chi connectivity index (χ4v) is 3.30. The fourth-order valence-electron chi connectivity index (χ4n) is 3.12. The van der Waals surface area contributed by atoms with Crippen LogP contribution in [-0.4, -0.2) is 38.2 Å². The molecule has 176 valence electrons. The second-order valence-electron chi connectivity index (χ2n) is 8.26. The Hall–Kier alpha value is -3.27. The van der Waals surface area contributed by atoms with Crippen molar-refractivity contribution in [1.82, 2.24) is 19.6 Å². The number of benzene rings is 1. The Morgan fingerprint density at radius 1 is 1.15 bits per heavy atom. The molecule has 1 aromatic carbocycles. The molecule has 0 aliphatic carbocycles. The number of carbonyl (C=O) groups excluding carboxylic acids is 1. The van der Waals surface area contributed by atoms with Gasteiger partial charge in [0.2, 0.25) is 0 Å². The first-order valence-corrected chi connectivity index (χ1v) is 10.3. The average Bonchev–Trinajstić information content (AvgIpc) is 3.22. The molecule has 0 spiro atoms. The van der Waals surface area contributed by atoms with E-state index in [-0.39, 0.29) is 5.75 Å². The number of nitrogens with zero attached hydrogens (tertiary/aromatic N) is 4. The van der Waals surface area contributed by atoms with Crippen molar-refractivity contribution in [3.63, 3.8) is 0 Å². The fraction of sp³-hybridized carbons (Fsp3) is 0.364.